The highest BCUT2D eigenvalue weighted by atomic mass is 79.9. The van der Waals surface area contributed by atoms with Crippen molar-refractivity contribution in [1.29, 1.82) is 0 Å². The molecule has 0 unspecified atom stereocenters. The second-order valence-electron chi connectivity index (χ2n) is 7.24. The molecule has 3 nitrogen and oxygen atoms in total. The number of benzene rings is 3. The highest BCUT2D eigenvalue weighted by Crippen LogP contribution is 2.34. The van der Waals surface area contributed by atoms with Crippen LogP contribution in [0.15, 0.2) is 82.2 Å². The Balaban J connectivity index is 1.39. The predicted octanol–water partition coefficient (Wildman–Crippen LogP) is 6.74. The number of carbonyl (C=O) groups excluding carboxylic acids is 1. The topological polar surface area (TPSA) is 29.5 Å². The summed E-state index contributed by atoms with van der Waals surface area (Å²) >= 11 is 10.2. The fourth-order valence-corrected chi connectivity index (χ4v) is 4.59. The number of rotatable bonds is 6. The number of aryl methyl sites for hydroxylation is 1. The van der Waals surface area contributed by atoms with Gasteiger partial charge in [0.15, 0.2) is 0 Å². The molecule has 0 aliphatic carbocycles. The number of carbonyl (C=O) groups is 1. The third-order valence-corrected chi connectivity index (χ3v) is 6.74. The average Bonchev–Trinajstić information content (AvgIpc) is 3.03. The van der Waals surface area contributed by atoms with E-state index in [9.17, 15) is 4.79 Å². The van der Waals surface area contributed by atoms with Crippen LogP contribution in [-0.2, 0) is 17.9 Å². The lowest BCUT2D eigenvalue weighted by Crippen LogP contribution is -2.27. The van der Waals surface area contributed by atoms with E-state index in [-0.39, 0.29) is 5.91 Å². The average molecular weight is 510 g/mol. The summed E-state index contributed by atoms with van der Waals surface area (Å²) in [6.07, 6.45) is 1.88. The van der Waals surface area contributed by atoms with E-state index in [0.29, 0.717) is 22.4 Å². The van der Waals surface area contributed by atoms with E-state index in [2.05, 4.69) is 15.9 Å². The Hall–Kier alpha value is -2.41. The largest absolute Gasteiger partial charge is 0.489 e. The van der Waals surface area contributed by atoms with Gasteiger partial charge < -0.3 is 4.74 Å². The minimum absolute atomic E-state index is 0.0499. The van der Waals surface area contributed by atoms with Crippen LogP contribution >= 0.6 is 39.9 Å². The van der Waals surface area contributed by atoms with Gasteiger partial charge in [0.1, 0.15) is 16.7 Å². The Bertz CT molecular complexity index is 1120. The molecule has 0 N–H and O–H groups in total. The van der Waals surface area contributed by atoms with Gasteiger partial charge in [0.25, 0.3) is 5.91 Å². The quantitative estimate of drug-likeness (QED) is 0.272. The molecule has 156 valence electrons. The first kappa shape index (κ1) is 21.8. The van der Waals surface area contributed by atoms with Crippen LogP contribution in [0, 0.1) is 6.92 Å². The molecule has 6 heteroatoms. The number of hydrogen-bond acceptors (Lipinski definition) is 4. The molecule has 1 aliphatic heterocycles. The first-order valence-electron chi connectivity index (χ1n) is 9.76. The van der Waals surface area contributed by atoms with Gasteiger partial charge in [0.2, 0.25) is 0 Å². The van der Waals surface area contributed by atoms with Crippen molar-refractivity contribution >= 4 is 56.2 Å². The first-order valence-corrected chi connectivity index (χ1v) is 11.8. The molecule has 0 radical (unpaired) electrons. The molecular formula is C25H20BrNO2S2. The Morgan fingerprint density at radius 1 is 0.968 bits per heavy atom. The minimum Gasteiger partial charge on any atom is -0.489 e. The van der Waals surface area contributed by atoms with E-state index >= 15 is 0 Å². The van der Waals surface area contributed by atoms with Gasteiger partial charge in [-0.3, -0.25) is 9.69 Å². The molecular weight excluding hydrogens is 490 g/mol. The second-order valence-corrected chi connectivity index (χ2v) is 9.83. The van der Waals surface area contributed by atoms with E-state index in [1.54, 1.807) is 4.90 Å². The molecule has 1 aliphatic rings. The third kappa shape index (κ3) is 5.64. The van der Waals surface area contributed by atoms with Crippen LogP contribution in [0.4, 0.5) is 0 Å². The molecule has 3 aromatic rings. The van der Waals surface area contributed by atoms with Gasteiger partial charge in [-0.2, -0.15) is 0 Å². The van der Waals surface area contributed by atoms with Crippen molar-refractivity contribution < 1.29 is 9.53 Å². The summed E-state index contributed by atoms with van der Waals surface area (Å²) in [5, 5.41) is 0. The monoisotopic (exact) mass is 509 g/mol. The number of amides is 1. The fraction of sp³-hybridized carbons (Fsp3) is 0.120. The van der Waals surface area contributed by atoms with E-state index in [4.69, 9.17) is 17.0 Å². The molecule has 1 heterocycles. The van der Waals surface area contributed by atoms with Crippen molar-refractivity contribution in [3.8, 4) is 5.75 Å². The summed E-state index contributed by atoms with van der Waals surface area (Å²) in [5.74, 6) is 0.734. The van der Waals surface area contributed by atoms with Gasteiger partial charge in [-0.1, -0.05) is 94.0 Å². The van der Waals surface area contributed by atoms with E-state index in [1.807, 2.05) is 85.8 Å². The summed E-state index contributed by atoms with van der Waals surface area (Å²) in [6.45, 7) is 3.04. The Kier molecular flexibility index (Phi) is 6.90. The molecule has 0 spiro atoms. The zero-order valence-electron chi connectivity index (χ0n) is 16.9. The van der Waals surface area contributed by atoms with Crippen molar-refractivity contribution in [2.75, 3.05) is 0 Å². The van der Waals surface area contributed by atoms with Crippen molar-refractivity contribution in [3.63, 3.8) is 0 Å². The van der Waals surface area contributed by atoms with Crippen molar-refractivity contribution in [3.05, 3.63) is 104 Å². The zero-order valence-corrected chi connectivity index (χ0v) is 20.1. The van der Waals surface area contributed by atoms with Gasteiger partial charge in [-0.05, 0) is 54.0 Å². The summed E-state index contributed by atoms with van der Waals surface area (Å²) in [5.41, 5.74) is 4.30. The van der Waals surface area contributed by atoms with Gasteiger partial charge in [-0.15, -0.1) is 0 Å². The van der Waals surface area contributed by atoms with Gasteiger partial charge in [0, 0.05) is 4.47 Å². The Morgan fingerprint density at radius 3 is 2.29 bits per heavy atom. The maximum absolute atomic E-state index is 12.9. The van der Waals surface area contributed by atoms with E-state index in [0.717, 1.165) is 26.9 Å². The molecule has 3 aromatic carbocycles. The normalized spacial score (nSPS) is 15.0. The number of ether oxygens (including phenoxy) is 1. The van der Waals surface area contributed by atoms with Gasteiger partial charge in [0.05, 0.1) is 11.4 Å². The van der Waals surface area contributed by atoms with Crippen molar-refractivity contribution in [2.24, 2.45) is 0 Å². The molecule has 31 heavy (non-hydrogen) atoms. The van der Waals surface area contributed by atoms with Crippen molar-refractivity contribution in [1.82, 2.24) is 4.90 Å². The maximum Gasteiger partial charge on any atom is 0.266 e. The molecule has 0 bridgehead atoms. The number of thioether (sulfide) groups is 1. The van der Waals surface area contributed by atoms with Crippen LogP contribution in [0.3, 0.4) is 0 Å². The van der Waals surface area contributed by atoms with Crippen LogP contribution < -0.4 is 4.74 Å². The number of nitrogens with zero attached hydrogens (tertiary/aromatic N) is 1. The van der Waals surface area contributed by atoms with Crippen molar-refractivity contribution in [2.45, 2.75) is 20.1 Å². The highest BCUT2D eigenvalue weighted by molar-refractivity contribution is 9.10. The first-order chi connectivity index (χ1) is 15.0. The molecule has 1 saturated heterocycles. The van der Waals surface area contributed by atoms with Gasteiger partial charge in [-0.25, -0.2) is 0 Å². The van der Waals surface area contributed by atoms with E-state index < -0.39 is 0 Å². The molecule has 0 aromatic heterocycles. The summed E-state index contributed by atoms with van der Waals surface area (Å²) in [6, 6.07) is 23.9. The Morgan fingerprint density at radius 2 is 1.61 bits per heavy atom. The number of hydrogen-bond donors (Lipinski definition) is 0. The smallest absolute Gasteiger partial charge is 0.266 e. The van der Waals surface area contributed by atoms with Crippen LogP contribution in [0.5, 0.6) is 5.75 Å². The zero-order chi connectivity index (χ0) is 21.8. The van der Waals surface area contributed by atoms with Crippen LogP contribution in [-0.4, -0.2) is 15.1 Å². The lowest BCUT2D eigenvalue weighted by molar-refractivity contribution is -0.122. The second kappa shape index (κ2) is 9.81. The lowest BCUT2D eigenvalue weighted by atomic mass is 10.1. The standard InChI is InChI=1S/C25H20BrNO2S2/c1-17-2-4-19(5-3-17)15-27-24(28)23(31-25(27)30)14-18-8-12-22(13-9-18)29-16-20-6-10-21(26)11-7-20/h2-14H,15-16H2,1H3. The number of halogens is 1. The van der Waals surface area contributed by atoms with Crippen LogP contribution in [0.25, 0.3) is 6.08 Å². The molecule has 1 amide bonds. The van der Waals surface area contributed by atoms with Crippen LogP contribution in [0.2, 0.25) is 0 Å². The molecule has 0 atom stereocenters. The Labute approximate surface area is 200 Å². The molecule has 4 rings (SSSR count). The predicted molar refractivity (Wildman–Crippen MR) is 135 cm³/mol. The maximum atomic E-state index is 12.9. The lowest BCUT2D eigenvalue weighted by Gasteiger charge is -2.14. The molecule has 0 saturated carbocycles. The van der Waals surface area contributed by atoms with Gasteiger partial charge >= 0.3 is 0 Å². The fourth-order valence-electron chi connectivity index (χ4n) is 3.07. The molecule has 1 fully saturated rings. The number of thiocarbonyl (C=S) groups is 1. The summed E-state index contributed by atoms with van der Waals surface area (Å²) < 4.78 is 7.49. The summed E-state index contributed by atoms with van der Waals surface area (Å²) in [4.78, 5) is 15.2. The van der Waals surface area contributed by atoms with E-state index in [1.165, 1.54) is 17.3 Å². The minimum atomic E-state index is -0.0499. The highest BCUT2D eigenvalue weighted by Gasteiger charge is 2.31. The SMILES string of the molecule is Cc1ccc(CN2C(=O)C(=Cc3ccc(OCc4ccc(Br)cc4)cc3)SC2=S)cc1. The van der Waals surface area contributed by atoms with Crippen LogP contribution in [0.1, 0.15) is 22.3 Å². The third-order valence-electron chi connectivity index (χ3n) is 4.83. The summed E-state index contributed by atoms with van der Waals surface area (Å²) in [7, 11) is 0.